The van der Waals surface area contributed by atoms with Gasteiger partial charge in [0.15, 0.2) is 0 Å². The molecular formula is C8H17FN2O. The minimum atomic E-state index is -0.815. The van der Waals surface area contributed by atoms with Gasteiger partial charge in [-0.1, -0.05) is 0 Å². The van der Waals surface area contributed by atoms with Gasteiger partial charge in [0.2, 0.25) is 0 Å². The van der Waals surface area contributed by atoms with Crippen LogP contribution in [0.4, 0.5) is 4.39 Å². The zero-order valence-corrected chi connectivity index (χ0v) is 7.88. The third-order valence-corrected chi connectivity index (χ3v) is 1.28. The molecule has 1 aliphatic heterocycles. The molecule has 0 aromatic heterocycles. The Bertz CT molecular complexity index is 127. The van der Waals surface area contributed by atoms with Crippen LogP contribution < -0.4 is 5.32 Å². The highest BCUT2D eigenvalue weighted by atomic mass is 19.1. The normalized spacial score (nSPS) is 28.1. The Kier molecular flexibility index (Phi) is 5.84. The van der Waals surface area contributed by atoms with Gasteiger partial charge in [-0.25, -0.2) is 4.39 Å². The van der Waals surface area contributed by atoms with Crippen molar-refractivity contribution in [1.82, 2.24) is 10.2 Å². The Morgan fingerprint density at radius 2 is 2.00 bits per heavy atom. The SMILES string of the molecule is CN(C)C.O=CC1CC(F)CN1. The lowest BCUT2D eigenvalue weighted by atomic mass is 10.2. The quantitative estimate of drug-likeness (QED) is 0.573. The summed E-state index contributed by atoms with van der Waals surface area (Å²) in [5, 5.41) is 2.71. The van der Waals surface area contributed by atoms with Gasteiger partial charge in [0.05, 0.1) is 6.04 Å². The van der Waals surface area contributed by atoms with Gasteiger partial charge in [-0.15, -0.1) is 0 Å². The van der Waals surface area contributed by atoms with Crippen molar-refractivity contribution in [2.75, 3.05) is 27.7 Å². The smallest absolute Gasteiger partial charge is 0.137 e. The molecule has 1 saturated heterocycles. The van der Waals surface area contributed by atoms with Gasteiger partial charge in [-0.3, -0.25) is 0 Å². The predicted octanol–water partition coefficient (Wildman–Crippen LogP) is 0.0631. The first-order valence-electron chi connectivity index (χ1n) is 4.00. The Hall–Kier alpha value is -0.480. The third-order valence-electron chi connectivity index (χ3n) is 1.28. The lowest BCUT2D eigenvalue weighted by Gasteiger charge is -1.93. The molecule has 1 heterocycles. The number of hydrogen-bond donors (Lipinski definition) is 1. The number of halogens is 1. The second-order valence-corrected chi connectivity index (χ2v) is 3.33. The molecule has 0 aromatic rings. The summed E-state index contributed by atoms with van der Waals surface area (Å²) in [4.78, 5) is 11.9. The second kappa shape index (κ2) is 6.08. The summed E-state index contributed by atoms with van der Waals surface area (Å²) in [6.07, 6.45) is 0.286. The molecule has 0 amide bonds. The van der Waals surface area contributed by atoms with Gasteiger partial charge >= 0.3 is 0 Å². The van der Waals surface area contributed by atoms with E-state index in [1.807, 2.05) is 26.0 Å². The standard InChI is InChI=1S/C5H8FNO.C3H9N/c6-4-1-5(3-8)7-2-4;1-4(2)3/h3-5,7H,1-2H2;1-3H3. The molecular weight excluding hydrogens is 159 g/mol. The van der Waals surface area contributed by atoms with Gasteiger partial charge in [0.1, 0.15) is 12.5 Å². The minimum absolute atomic E-state index is 0.231. The van der Waals surface area contributed by atoms with E-state index in [0.717, 1.165) is 6.29 Å². The van der Waals surface area contributed by atoms with Crippen LogP contribution in [0.2, 0.25) is 0 Å². The fraction of sp³-hybridized carbons (Fsp3) is 0.875. The monoisotopic (exact) mass is 176 g/mol. The average molecular weight is 176 g/mol. The molecule has 72 valence electrons. The Labute approximate surface area is 72.9 Å². The molecule has 4 heteroatoms. The molecule has 0 radical (unpaired) electrons. The highest BCUT2D eigenvalue weighted by Gasteiger charge is 2.21. The first kappa shape index (κ1) is 11.5. The van der Waals surface area contributed by atoms with E-state index in [4.69, 9.17) is 0 Å². The Morgan fingerprint density at radius 3 is 2.17 bits per heavy atom. The molecule has 12 heavy (non-hydrogen) atoms. The van der Waals surface area contributed by atoms with Crippen LogP contribution in [0.15, 0.2) is 0 Å². The van der Waals surface area contributed by atoms with Crippen LogP contribution in [-0.2, 0) is 4.79 Å². The fourth-order valence-corrected chi connectivity index (χ4v) is 0.825. The Balaban J connectivity index is 0.000000261. The number of aldehydes is 1. The molecule has 2 unspecified atom stereocenters. The highest BCUT2D eigenvalue weighted by Crippen LogP contribution is 2.06. The number of hydrogen-bond acceptors (Lipinski definition) is 3. The lowest BCUT2D eigenvalue weighted by molar-refractivity contribution is -0.109. The maximum absolute atomic E-state index is 12.1. The van der Waals surface area contributed by atoms with Crippen molar-refractivity contribution in [3.05, 3.63) is 0 Å². The van der Waals surface area contributed by atoms with Gasteiger partial charge in [-0.05, 0) is 21.1 Å². The molecule has 3 nitrogen and oxygen atoms in total. The molecule has 1 fully saturated rings. The number of carbonyl (C=O) groups excluding carboxylic acids is 1. The number of alkyl halides is 1. The maximum Gasteiger partial charge on any atom is 0.137 e. The van der Waals surface area contributed by atoms with E-state index >= 15 is 0 Å². The highest BCUT2D eigenvalue weighted by molar-refractivity contribution is 5.58. The molecule has 2 atom stereocenters. The van der Waals surface area contributed by atoms with Crippen LogP contribution in [0.25, 0.3) is 0 Å². The molecule has 0 aliphatic carbocycles. The summed E-state index contributed by atoms with van der Waals surface area (Å²) >= 11 is 0. The summed E-state index contributed by atoms with van der Waals surface area (Å²) in [5.74, 6) is 0. The van der Waals surface area contributed by atoms with Crippen LogP contribution in [0.1, 0.15) is 6.42 Å². The van der Waals surface area contributed by atoms with Crippen molar-refractivity contribution in [1.29, 1.82) is 0 Å². The summed E-state index contributed by atoms with van der Waals surface area (Å²) < 4.78 is 12.1. The average Bonchev–Trinajstić information content (AvgIpc) is 2.34. The van der Waals surface area contributed by atoms with Gasteiger partial charge in [0.25, 0.3) is 0 Å². The minimum Gasteiger partial charge on any atom is -0.312 e. The molecule has 0 spiro atoms. The zero-order chi connectivity index (χ0) is 9.56. The summed E-state index contributed by atoms with van der Waals surface area (Å²) in [5.41, 5.74) is 0. The van der Waals surface area contributed by atoms with Crippen molar-refractivity contribution in [3.63, 3.8) is 0 Å². The first-order chi connectivity index (χ1) is 5.56. The van der Waals surface area contributed by atoms with E-state index in [9.17, 15) is 9.18 Å². The number of nitrogens with zero attached hydrogens (tertiary/aromatic N) is 1. The van der Waals surface area contributed by atoms with Crippen molar-refractivity contribution in [2.45, 2.75) is 18.6 Å². The van der Waals surface area contributed by atoms with Crippen LogP contribution in [0.5, 0.6) is 0 Å². The van der Waals surface area contributed by atoms with Crippen LogP contribution in [0, 0.1) is 0 Å². The van der Waals surface area contributed by atoms with Gasteiger partial charge in [-0.2, -0.15) is 0 Å². The first-order valence-corrected chi connectivity index (χ1v) is 4.00. The molecule has 1 aliphatic rings. The van der Waals surface area contributed by atoms with E-state index in [0.29, 0.717) is 13.0 Å². The van der Waals surface area contributed by atoms with Gasteiger partial charge in [0, 0.05) is 13.0 Å². The molecule has 1 N–H and O–H groups in total. The van der Waals surface area contributed by atoms with E-state index in [1.165, 1.54) is 0 Å². The molecule has 1 rings (SSSR count). The number of carbonyl (C=O) groups is 1. The predicted molar refractivity (Wildman–Crippen MR) is 47.0 cm³/mol. The fourth-order valence-electron chi connectivity index (χ4n) is 0.825. The lowest BCUT2D eigenvalue weighted by Crippen LogP contribution is -2.22. The van der Waals surface area contributed by atoms with Crippen LogP contribution in [0.3, 0.4) is 0 Å². The second-order valence-electron chi connectivity index (χ2n) is 3.33. The van der Waals surface area contributed by atoms with Crippen LogP contribution in [-0.4, -0.2) is 51.1 Å². The van der Waals surface area contributed by atoms with Crippen molar-refractivity contribution in [3.8, 4) is 0 Å². The Morgan fingerprint density at radius 1 is 1.50 bits per heavy atom. The van der Waals surface area contributed by atoms with Crippen LogP contribution >= 0.6 is 0 Å². The molecule has 0 saturated carbocycles. The van der Waals surface area contributed by atoms with E-state index in [-0.39, 0.29) is 6.04 Å². The molecule has 0 aromatic carbocycles. The number of nitrogens with one attached hydrogen (secondary N) is 1. The van der Waals surface area contributed by atoms with Crippen molar-refractivity contribution >= 4 is 6.29 Å². The summed E-state index contributed by atoms with van der Waals surface area (Å²) in [6.45, 7) is 0.337. The summed E-state index contributed by atoms with van der Waals surface area (Å²) in [7, 11) is 6.00. The zero-order valence-electron chi connectivity index (χ0n) is 7.88. The van der Waals surface area contributed by atoms with E-state index < -0.39 is 6.17 Å². The number of rotatable bonds is 1. The van der Waals surface area contributed by atoms with E-state index in [2.05, 4.69) is 5.32 Å². The van der Waals surface area contributed by atoms with Crippen molar-refractivity contribution in [2.24, 2.45) is 0 Å². The van der Waals surface area contributed by atoms with Gasteiger partial charge < -0.3 is 15.0 Å². The topological polar surface area (TPSA) is 32.3 Å². The molecule has 0 bridgehead atoms. The largest absolute Gasteiger partial charge is 0.312 e. The maximum atomic E-state index is 12.1. The van der Waals surface area contributed by atoms with E-state index in [1.54, 1.807) is 0 Å². The van der Waals surface area contributed by atoms with Crippen molar-refractivity contribution < 1.29 is 9.18 Å². The summed E-state index contributed by atoms with van der Waals surface area (Å²) in [6, 6.07) is -0.231. The third kappa shape index (κ3) is 6.24.